The first kappa shape index (κ1) is 51.2. The number of allylic oxidation sites excluding steroid dienone is 6. The van der Waals surface area contributed by atoms with Gasteiger partial charge in [0.1, 0.15) is 6.61 Å². The second-order valence-corrected chi connectivity index (χ2v) is 15.7. The number of nitrogens with two attached hydrogens (primary N) is 1. The average molecular weight is 770 g/mol. The van der Waals surface area contributed by atoms with E-state index in [-0.39, 0.29) is 38.6 Å². The molecule has 310 valence electrons. The van der Waals surface area contributed by atoms with Crippen LogP contribution in [0.2, 0.25) is 0 Å². The Morgan fingerprint density at radius 2 is 0.981 bits per heavy atom. The number of unbranched alkanes of at least 4 members (excludes halogenated alkanes) is 21. The van der Waals surface area contributed by atoms with E-state index in [1.54, 1.807) is 0 Å². The van der Waals surface area contributed by atoms with Gasteiger partial charge in [-0.05, 0) is 70.6 Å². The van der Waals surface area contributed by atoms with Crippen LogP contribution in [0.25, 0.3) is 0 Å². The van der Waals surface area contributed by atoms with E-state index in [0.717, 1.165) is 57.8 Å². The smallest absolute Gasteiger partial charge is 0.462 e. The van der Waals surface area contributed by atoms with Crippen LogP contribution in [-0.4, -0.2) is 49.3 Å². The van der Waals surface area contributed by atoms with E-state index in [1.807, 2.05) is 0 Å². The molecule has 9 nitrogen and oxygen atoms in total. The number of hydrogen-bond donors (Lipinski definition) is 2. The maximum atomic E-state index is 12.5. The van der Waals surface area contributed by atoms with Crippen molar-refractivity contribution in [2.75, 3.05) is 26.4 Å². The Balaban J connectivity index is 4.14. The molecule has 0 aliphatic rings. The van der Waals surface area contributed by atoms with Gasteiger partial charge >= 0.3 is 19.8 Å². The highest BCUT2D eigenvalue weighted by atomic mass is 31.2. The number of phosphoric acid groups is 1. The first-order chi connectivity index (χ1) is 25.8. The molecule has 0 aliphatic heterocycles. The molecule has 10 heteroatoms. The Kier molecular flexibility index (Phi) is 38.6. The lowest BCUT2D eigenvalue weighted by Gasteiger charge is -2.19. The molecule has 0 radical (unpaired) electrons. The molecule has 0 saturated carbocycles. The van der Waals surface area contributed by atoms with Crippen molar-refractivity contribution in [3.63, 3.8) is 0 Å². The summed E-state index contributed by atoms with van der Waals surface area (Å²) in [5.74, 6) is -0.842. The lowest BCUT2D eigenvalue weighted by atomic mass is 10.1. The highest BCUT2D eigenvalue weighted by Gasteiger charge is 2.26. The molecular weight excluding hydrogens is 689 g/mol. The molecule has 53 heavy (non-hydrogen) atoms. The number of esters is 2. The molecule has 0 saturated heterocycles. The molecule has 3 N–H and O–H groups in total. The van der Waals surface area contributed by atoms with E-state index in [4.69, 9.17) is 24.3 Å². The molecular formula is C43H80NO8P. The Morgan fingerprint density at radius 3 is 1.49 bits per heavy atom. The standard InChI is InChI=1S/C43H80NO8P/c1-3-5-7-9-11-13-15-17-18-19-20-21-22-24-25-27-29-31-33-35-42(45)49-39-41(40-51-53(47,48)50-38-37-44)52-43(46)36-34-32-30-28-26-23-16-14-12-10-8-6-4-2/h11,13-14,16-18,41H,3-10,12,15,19-40,44H2,1-2H3,(H,47,48)/b13-11+,16-14+,18-17+/t41-/m0/s1. The minimum Gasteiger partial charge on any atom is -0.462 e. The van der Waals surface area contributed by atoms with Crippen molar-refractivity contribution in [2.24, 2.45) is 5.73 Å². The molecule has 0 aromatic rings. The number of carbonyl (C=O) groups is 2. The first-order valence-electron chi connectivity index (χ1n) is 21.5. The van der Waals surface area contributed by atoms with Crippen LogP contribution in [-0.2, 0) is 32.7 Å². The van der Waals surface area contributed by atoms with E-state index in [2.05, 4.69) is 50.3 Å². The van der Waals surface area contributed by atoms with Crippen LogP contribution < -0.4 is 5.73 Å². The lowest BCUT2D eigenvalue weighted by Crippen LogP contribution is -2.29. The number of hydrogen-bond acceptors (Lipinski definition) is 8. The Hall–Kier alpha value is -1.77. The van der Waals surface area contributed by atoms with Crippen molar-refractivity contribution in [1.29, 1.82) is 0 Å². The highest BCUT2D eigenvalue weighted by Crippen LogP contribution is 2.43. The molecule has 0 aliphatic carbocycles. The summed E-state index contributed by atoms with van der Waals surface area (Å²) in [6.07, 6.45) is 43.1. The van der Waals surface area contributed by atoms with Crippen LogP contribution in [0.15, 0.2) is 36.5 Å². The van der Waals surface area contributed by atoms with Crippen molar-refractivity contribution >= 4 is 19.8 Å². The molecule has 0 rings (SSSR count). The summed E-state index contributed by atoms with van der Waals surface area (Å²) >= 11 is 0. The molecule has 0 aromatic carbocycles. The van der Waals surface area contributed by atoms with Crippen LogP contribution >= 0.6 is 7.82 Å². The lowest BCUT2D eigenvalue weighted by molar-refractivity contribution is -0.161. The average Bonchev–Trinajstić information content (AvgIpc) is 3.14. The molecule has 0 fully saturated rings. The van der Waals surface area contributed by atoms with Crippen molar-refractivity contribution in [2.45, 2.75) is 200 Å². The minimum absolute atomic E-state index is 0.0513. The van der Waals surface area contributed by atoms with Crippen LogP contribution in [0.3, 0.4) is 0 Å². The number of phosphoric ester groups is 1. The first-order valence-corrected chi connectivity index (χ1v) is 23.0. The summed E-state index contributed by atoms with van der Waals surface area (Å²) < 4.78 is 32.7. The van der Waals surface area contributed by atoms with Gasteiger partial charge in [-0.2, -0.15) is 0 Å². The predicted molar refractivity (Wildman–Crippen MR) is 220 cm³/mol. The van der Waals surface area contributed by atoms with Crippen molar-refractivity contribution < 1.29 is 37.6 Å². The maximum Gasteiger partial charge on any atom is 0.472 e. The fraction of sp³-hybridized carbons (Fsp3) is 0.814. The van der Waals surface area contributed by atoms with E-state index in [0.29, 0.717) is 6.42 Å². The van der Waals surface area contributed by atoms with Gasteiger partial charge < -0.3 is 20.1 Å². The van der Waals surface area contributed by atoms with Gasteiger partial charge in [-0.25, -0.2) is 4.57 Å². The fourth-order valence-electron chi connectivity index (χ4n) is 5.78. The second-order valence-electron chi connectivity index (χ2n) is 14.2. The summed E-state index contributed by atoms with van der Waals surface area (Å²) in [6, 6.07) is 0. The summed E-state index contributed by atoms with van der Waals surface area (Å²) in [5, 5.41) is 0. The Morgan fingerprint density at radius 1 is 0.566 bits per heavy atom. The maximum absolute atomic E-state index is 12.5. The third-order valence-electron chi connectivity index (χ3n) is 9.00. The largest absolute Gasteiger partial charge is 0.472 e. The van der Waals surface area contributed by atoms with Gasteiger partial charge in [0.05, 0.1) is 13.2 Å². The normalized spacial score (nSPS) is 13.7. The Labute approximate surface area is 324 Å². The molecule has 0 aromatic heterocycles. The van der Waals surface area contributed by atoms with E-state index in [9.17, 15) is 19.0 Å². The molecule has 0 amide bonds. The zero-order valence-electron chi connectivity index (χ0n) is 34.0. The van der Waals surface area contributed by atoms with Crippen LogP contribution in [0.5, 0.6) is 0 Å². The predicted octanol–water partition coefficient (Wildman–Crippen LogP) is 12.2. The topological polar surface area (TPSA) is 134 Å². The molecule has 0 bridgehead atoms. The highest BCUT2D eigenvalue weighted by molar-refractivity contribution is 7.47. The van der Waals surface area contributed by atoms with Gasteiger partial charge in [-0.15, -0.1) is 0 Å². The third kappa shape index (κ3) is 39.7. The zero-order valence-corrected chi connectivity index (χ0v) is 34.9. The van der Waals surface area contributed by atoms with Crippen molar-refractivity contribution in [3.05, 3.63) is 36.5 Å². The summed E-state index contributed by atoms with van der Waals surface area (Å²) in [6.45, 7) is 3.68. The summed E-state index contributed by atoms with van der Waals surface area (Å²) in [4.78, 5) is 34.8. The van der Waals surface area contributed by atoms with Gasteiger partial charge in [-0.3, -0.25) is 18.6 Å². The van der Waals surface area contributed by atoms with Gasteiger partial charge in [-0.1, -0.05) is 147 Å². The van der Waals surface area contributed by atoms with Gasteiger partial charge in [0, 0.05) is 19.4 Å². The van der Waals surface area contributed by atoms with Crippen molar-refractivity contribution in [1.82, 2.24) is 0 Å². The van der Waals surface area contributed by atoms with Gasteiger partial charge in [0.25, 0.3) is 0 Å². The van der Waals surface area contributed by atoms with Crippen LogP contribution in [0.4, 0.5) is 0 Å². The second kappa shape index (κ2) is 39.9. The molecule has 0 spiro atoms. The Bertz CT molecular complexity index is 970. The molecule has 1 unspecified atom stereocenters. The van der Waals surface area contributed by atoms with E-state index >= 15 is 0 Å². The summed E-state index contributed by atoms with van der Waals surface area (Å²) in [5.41, 5.74) is 5.34. The van der Waals surface area contributed by atoms with E-state index in [1.165, 1.54) is 103 Å². The molecule has 2 atom stereocenters. The summed E-state index contributed by atoms with van der Waals surface area (Å²) in [7, 11) is -4.38. The van der Waals surface area contributed by atoms with Gasteiger partial charge in [0.15, 0.2) is 6.10 Å². The number of rotatable bonds is 40. The monoisotopic (exact) mass is 770 g/mol. The number of carbonyl (C=O) groups excluding carboxylic acids is 2. The zero-order chi connectivity index (χ0) is 38.9. The minimum atomic E-state index is -4.38. The van der Waals surface area contributed by atoms with Crippen LogP contribution in [0, 0.1) is 0 Å². The fourth-order valence-corrected chi connectivity index (χ4v) is 6.54. The third-order valence-corrected chi connectivity index (χ3v) is 9.98. The number of ether oxygens (including phenoxy) is 2. The van der Waals surface area contributed by atoms with Gasteiger partial charge in [0.2, 0.25) is 0 Å². The van der Waals surface area contributed by atoms with Crippen LogP contribution in [0.1, 0.15) is 194 Å². The SMILES string of the molecule is CCCCC/C=C/C/C=C/CCCCCCCCCCCC(=O)OC[C@@H](COP(=O)(O)OCCN)OC(=O)CCCCCCC/C=C/CCCCCC. The van der Waals surface area contributed by atoms with E-state index < -0.39 is 26.5 Å². The quantitative estimate of drug-likeness (QED) is 0.0270. The molecule has 0 heterocycles. The van der Waals surface area contributed by atoms with Crippen molar-refractivity contribution in [3.8, 4) is 0 Å².